The van der Waals surface area contributed by atoms with Gasteiger partial charge in [-0.25, -0.2) is 9.78 Å². The highest BCUT2D eigenvalue weighted by Gasteiger charge is 2.47. The molecule has 7 nitrogen and oxygen atoms in total. The second-order valence-corrected chi connectivity index (χ2v) is 9.34. The minimum atomic E-state index is -0.215. The molecule has 1 aromatic carbocycles. The van der Waals surface area contributed by atoms with Crippen LogP contribution in [0, 0.1) is 19.8 Å². The summed E-state index contributed by atoms with van der Waals surface area (Å²) in [6.07, 6.45) is 5.59. The molecule has 0 bridgehead atoms. The zero-order valence-corrected chi connectivity index (χ0v) is 18.9. The Balaban J connectivity index is 1.42. The maximum atomic E-state index is 13.5. The van der Waals surface area contributed by atoms with Gasteiger partial charge in [0.15, 0.2) is 0 Å². The molecule has 32 heavy (non-hydrogen) atoms. The molecule has 170 valence electrons. The standard InChI is InChI=1S/C25H31N3O4/c1-16-7-5-8-18(13-16)23-26-21(17(2)32-23)15-27-22-11-4-3-10-20(22)24(29)28(25(27)30)14-19-9-6-12-31-19/h5,7-8,13,19-20,22H,3-4,6,9-12,14-15H2,1-2H3. The maximum Gasteiger partial charge on any atom is 0.327 e. The third-order valence-electron chi connectivity index (χ3n) is 7.08. The van der Waals surface area contributed by atoms with Crippen molar-refractivity contribution in [1.82, 2.24) is 14.8 Å². The number of benzene rings is 1. The number of aromatic nitrogens is 1. The highest BCUT2D eigenvalue weighted by molar-refractivity contribution is 5.98. The van der Waals surface area contributed by atoms with Gasteiger partial charge < -0.3 is 14.1 Å². The number of carbonyl (C=O) groups is 2. The van der Waals surface area contributed by atoms with Crippen molar-refractivity contribution in [3.63, 3.8) is 0 Å². The summed E-state index contributed by atoms with van der Waals surface area (Å²) in [5.41, 5.74) is 2.82. The largest absolute Gasteiger partial charge is 0.441 e. The van der Waals surface area contributed by atoms with Crippen molar-refractivity contribution in [2.75, 3.05) is 13.2 Å². The third kappa shape index (κ3) is 3.94. The average Bonchev–Trinajstić information content (AvgIpc) is 3.44. The van der Waals surface area contributed by atoms with Gasteiger partial charge in [0.1, 0.15) is 11.5 Å². The van der Waals surface area contributed by atoms with E-state index in [1.165, 1.54) is 4.90 Å². The fourth-order valence-electron chi connectivity index (χ4n) is 5.35. The van der Waals surface area contributed by atoms with Gasteiger partial charge in [0, 0.05) is 18.2 Å². The molecule has 3 amide bonds. The molecule has 0 N–H and O–H groups in total. The van der Waals surface area contributed by atoms with Gasteiger partial charge in [-0.1, -0.05) is 30.5 Å². The number of amides is 3. The van der Waals surface area contributed by atoms with Crippen LogP contribution in [0.1, 0.15) is 55.5 Å². The summed E-state index contributed by atoms with van der Waals surface area (Å²) in [6, 6.07) is 7.76. The van der Waals surface area contributed by atoms with Gasteiger partial charge in [0.25, 0.3) is 0 Å². The molecule has 3 unspecified atom stereocenters. The second-order valence-electron chi connectivity index (χ2n) is 9.34. The van der Waals surface area contributed by atoms with Crippen LogP contribution in [-0.2, 0) is 16.1 Å². The van der Waals surface area contributed by atoms with Gasteiger partial charge >= 0.3 is 6.03 Å². The molecule has 0 spiro atoms. The average molecular weight is 438 g/mol. The lowest BCUT2D eigenvalue weighted by Crippen LogP contribution is -2.63. The molecule has 2 aromatic rings. The number of fused-ring (bicyclic) bond motifs is 1. The van der Waals surface area contributed by atoms with Crippen molar-refractivity contribution in [3.8, 4) is 11.5 Å². The van der Waals surface area contributed by atoms with Gasteiger partial charge in [-0.2, -0.15) is 0 Å². The number of hydrogen-bond acceptors (Lipinski definition) is 5. The molecular formula is C25H31N3O4. The molecule has 7 heteroatoms. The number of hydrogen-bond donors (Lipinski definition) is 0. The van der Waals surface area contributed by atoms with Gasteiger partial charge in [0.2, 0.25) is 11.8 Å². The molecule has 1 aromatic heterocycles. The molecule has 1 aliphatic carbocycles. The summed E-state index contributed by atoms with van der Waals surface area (Å²) in [7, 11) is 0. The predicted molar refractivity (Wildman–Crippen MR) is 119 cm³/mol. The molecule has 3 heterocycles. The number of oxazole rings is 1. The quantitative estimate of drug-likeness (QED) is 0.690. The first-order chi connectivity index (χ1) is 15.5. The second kappa shape index (κ2) is 8.70. The van der Waals surface area contributed by atoms with Crippen molar-refractivity contribution in [3.05, 3.63) is 41.3 Å². The zero-order valence-electron chi connectivity index (χ0n) is 18.9. The van der Waals surface area contributed by atoms with E-state index in [1.54, 1.807) is 0 Å². The molecule has 2 saturated heterocycles. The van der Waals surface area contributed by atoms with Crippen molar-refractivity contribution < 1.29 is 18.7 Å². The Bertz CT molecular complexity index is 1010. The van der Waals surface area contributed by atoms with E-state index < -0.39 is 0 Å². The van der Waals surface area contributed by atoms with Crippen LogP contribution in [0.5, 0.6) is 0 Å². The van der Waals surface area contributed by atoms with Crippen LogP contribution >= 0.6 is 0 Å². The minimum Gasteiger partial charge on any atom is -0.441 e. The molecule has 3 atom stereocenters. The lowest BCUT2D eigenvalue weighted by atomic mass is 9.81. The van der Waals surface area contributed by atoms with Crippen LogP contribution in [0.25, 0.3) is 11.5 Å². The Morgan fingerprint density at radius 1 is 1.09 bits per heavy atom. The summed E-state index contributed by atoms with van der Waals surface area (Å²) in [4.78, 5) is 34.8. The van der Waals surface area contributed by atoms with E-state index >= 15 is 0 Å². The Labute approximate surface area is 188 Å². The van der Waals surface area contributed by atoms with E-state index in [-0.39, 0.29) is 30.0 Å². The molecular weight excluding hydrogens is 406 g/mol. The summed E-state index contributed by atoms with van der Waals surface area (Å²) < 4.78 is 11.7. The molecule has 2 aliphatic heterocycles. The number of urea groups is 1. The number of carbonyl (C=O) groups excluding carboxylic acids is 2. The van der Waals surface area contributed by atoms with Crippen molar-refractivity contribution >= 4 is 11.9 Å². The highest BCUT2D eigenvalue weighted by atomic mass is 16.5. The van der Waals surface area contributed by atoms with Crippen molar-refractivity contribution in [1.29, 1.82) is 0 Å². The molecule has 5 rings (SSSR count). The summed E-state index contributed by atoms with van der Waals surface area (Å²) in [6.45, 7) is 5.34. The van der Waals surface area contributed by atoms with E-state index in [2.05, 4.69) is 0 Å². The van der Waals surface area contributed by atoms with E-state index in [0.29, 0.717) is 31.3 Å². The number of aryl methyl sites for hydroxylation is 2. The fraction of sp³-hybridized carbons (Fsp3) is 0.560. The summed E-state index contributed by atoms with van der Waals surface area (Å²) in [5, 5.41) is 0. The van der Waals surface area contributed by atoms with Gasteiger partial charge in [-0.05, 0) is 51.7 Å². The van der Waals surface area contributed by atoms with E-state index in [4.69, 9.17) is 14.1 Å². The van der Waals surface area contributed by atoms with Crippen LogP contribution in [0.2, 0.25) is 0 Å². The van der Waals surface area contributed by atoms with Crippen LogP contribution in [-0.4, -0.2) is 52.0 Å². The topological polar surface area (TPSA) is 75.9 Å². The lowest BCUT2D eigenvalue weighted by molar-refractivity contribution is -0.142. The van der Waals surface area contributed by atoms with Crippen molar-refractivity contribution in [2.24, 2.45) is 5.92 Å². The maximum absolute atomic E-state index is 13.5. The lowest BCUT2D eigenvalue weighted by Gasteiger charge is -2.47. The van der Waals surface area contributed by atoms with Crippen LogP contribution in [0.3, 0.4) is 0 Å². The Morgan fingerprint density at radius 3 is 2.72 bits per heavy atom. The first kappa shape index (κ1) is 21.2. The Morgan fingerprint density at radius 2 is 1.94 bits per heavy atom. The minimum absolute atomic E-state index is 0.0243. The predicted octanol–water partition coefficient (Wildman–Crippen LogP) is 4.46. The van der Waals surface area contributed by atoms with Crippen LogP contribution in [0.15, 0.2) is 28.7 Å². The number of ether oxygens (including phenoxy) is 1. The number of rotatable bonds is 5. The highest BCUT2D eigenvalue weighted by Crippen LogP contribution is 2.36. The van der Waals surface area contributed by atoms with Gasteiger partial charge in [-0.15, -0.1) is 0 Å². The third-order valence-corrected chi connectivity index (χ3v) is 7.08. The molecule has 3 aliphatic rings. The van der Waals surface area contributed by atoms with Crippen molar-refractivity contribution in [2.45, 2.75) is 71.1 Å². The SMILES string of the molecule is Cc1cccc(-c2nc(CN3C(=O)N(CC4CCCO4)C(=O)C4CCCCC43)c(C)o2)c1. The number of imide groups is 1. The van der Waals surface area contributed by atoms with Gasteiger partial charge in [0.05, 0.1) is 25.1 Å². The van der Waals surface area contributed by atoms with E-state index in [0.717, 1.165) is 55.3 Å². The summed E-state index contributed by atoms with van der Waals surface area (Å²) in [5.74, 6) is 1.12. The first-order valence-corrected chi connectivity index (χ1v) is 11.8. The normalized spacial score (nSPS) is 26.0. The summed E-state index contributed by atoms with van der Waals surface area (Å²) >= 11 is 0. The van der Waals surface area contributed by atoms with Gasteiger partial charge in [-0.3, -0.25) is 9.69 Å². The van der Waals surface area contributed by atoms with Crippen LogP contribution < -0.4 is 0 Å². The van der Waals surface area contributed by atoms with E-state index in [9.17, 15) is 9.59 Å². The fourth-order valence-corrected chi connectivity index (χ4v) is 5.35. The Kier molecular flexibility index (Phi) is 5.76. The number of nitrogens with zero attached hydrogens (tertiary/aromatic N) is 3. The molecule has 0 radical (unpaired) electrons. The Hall–Kier alpha value is -2.67. The van der Waals surface area contributed by atoms with E-state index in [1.807, 2.05) is 43.0 Å². The molecule has 3 fully saturated rings. The first-order valence-electron chi connectivity index (χ1n) is 11.8. The monoisotopic (exact) mass is 437 g/mol. The zero-order chi connectivity index (χ0) is 22.2. The van der Waals surface area contributed by atoms with Crippen LogP contribution in [0.4, 0.5) is 4.79 Å². The smallest absolute Gasteiger partial charge is 0.327 e. The molecule has 1 saturated carbocycles.